The standard InChI is InChI=1S/C16H19N3O.2ClH/c1-11-9-19(10-12(2)17-11)16(20)15-8-7-13-5-3-4-6-14(13)18-15;;/h3-8,11-12,17H,9-10H2,1-2H3;2*1H. The molecule has 1 aliphatic heterocycles. The highest BCUT2D eigenvalue weighted by atomic mass is 35.5. The van der Waals surface area contributed by atoms with Gasteiger partial charge in [-0.15, -0.1) is 24.8 Å². The first-order chi connectivity index (χ1) is 9.63. The minimum Gasteiger partial charge on any atom is -0.334 e. The lowest BCUT2D eigenvalue weighted by Gasteiger charge is -2.36. The van der Waals surface area contributed by atoms with Crippen LogP contribution in [0.2, 0.25) is 0 Å². The number of amides is 1. The highest BCUT2D eigenvalue weighted by Gasteiger charge is 2.26. The number of hydrogen-bond donors (Lipinski definition) is 1. The van der Waals surface area contributed by atoms with Gasteiger partial charge in [0.1, 0.15) is 5.69 Å². The van der Waals surface area contributed by atoms with Crippen LogP contribution in [0.25, 0.3) is 10.9 Å². The summed E-state index contributed by atoms with van der Waals surface area (Å²) in [5.74, 6) is 0.0240. The fraction of sp³-hybridized carbons (Fsp3) is 0.375. The van der Waals surface area contributed by atoms with Crippen molar-refractivity contribution in [3.8, 4) is 0 Å². The monoisotopic (exact) mass is 341 g/mol. The maximum Gasteiger partial charge on any atom is 0.272 e. The van der Waals surface area contributed by atoms with Crippen molar-refractivity contribution in [1.82, 2.24) is 15.2 Å². The number of fused-ring (bicyclic) bond motifs is 1. The Labute approximate surface area is 143 Å². The molecule has 0 spiro atoms. The number of carbonyl (C=O) groups is 1. The molecular weight excluding hydrogens is 321 g/mol. The second-order valence-electron chi connectivity index (χ2n) is 5.57. The van der Waals surface area contributed by atoms with E-state index in [2.05, 4.69) is 24.1 Å². The molecule has 1 amide bonds. The number of pyridine rings is 1. The summed E-state index contributed by atoms with van der Waals surface area (Å²) in [5.41, 5.74) is 1.40. The van der Waals surface area contributed by atoms with Gasteiger partial charge >= 0.3 is 0 Å². The molecule has 0 aliphatic carbocycles. The molecule has 22 heavy (non-hydrogen) atoms. The molecule has 0 bridgehead atoms. The Balaban J connectivity index is 0.00000121. The topological polar surface area (TPSA) is 45.2 Å². The number of benzene rings is 1. The number of para-hydroxylation sites is 1. The highest BCUT2D eigenvalue weighted by Crippen LogP contribution is 2.14. The van der Waals surface area contributed by atoms with Gasteiger partial charge in [-0.3, -0.25) is 4.79 Å². The van der Waals surface area contributed by atoms with E-state index >= 15 is 0 Å². The lowest BCUT2D eigenvalue weighted by Crippen LogP contribution is -2.55. The van der Waals surface area contributed by atoms with Crippen LogP contribution in [0.15, 0.2) is 36.4 Å². The van der Waals surface area contributed by atoms with Gasteiger partial charge in [-0.05, 0) is 26.0 Å². The molecule has 1 aliphatic rings. The van der Waals surface area contributed by atoms with E-state index in [1.165, 1.54) is 0 Å². The van der Waals surface area contributed by atoms with Gasteiger partial charge in [0.15, 0.2) is 0 Å². The van der Waals surface area contributed by atoms with E-state index in [1.54, 1.807) is 0 Å². The molecule has 4 nitrogen and oxygen atoms in total. The molecule has 120 valence electrons. The molecule has 1 N–H and O–H groups in total. The lowest BCUT2D eigenvalue weighted by molar-refractivity contribution is 0.0668. The number of halogens is 2. The van der Waals surface area contributed by atoms with Crippen LogP contribution in [0.4, 0.5) is 0 Å². The van der Waals surface area contributed by atoms with Gasteiger partial charge in [-0.2, -0.15) is 0 Å². The summed E-state index contributed by atoms with van der Waals surface area (Å²) in [4.78, 5) is 19.0. The van der Waals surface area contributed by atoms with E-state index in [1.807, 2.05) is 41.3 Å². The Morgan fingerprint density at radius 3 is 2.41 bits per heavy atom. The minimum atomic E-state index is 0. The quantitative estimate of drug-likeness (QED) is 0.867. The van der Waals surface area contributed by atoms with E-state index in [0.29, 0.717) is 17.8 Å². The Morgan fingerprint density at radius 1 is 1.09 bits per heavy atom. The fourth-order valence-corrected chi connectivity index (χ4v) is 2.84. The molecule has 2 unspecified atom stereocenters. The Kier molecular flexibility index (Phi) is 6.60. The van der Waals surface area contributed by atoms with Crippen LogP contribution in [0, 0.1) is 0 Å². The van der Waals surface area contributed by atoms with Crippen molar-refractivity contribution in [2.75, 3.05) is 13.1 Å². The van der Waals surface area contributed by atoms with Crippen LogP contribution in [-0.4, -0.2) is 41.0 Å². The summed E-state index contributed by atoms with van der Waals surface area (Å²) in [6.45, 7) is 5.67. The fourth-order valence-electron chi connectivity index (χ4n) is 2.84. The molecule has 2 aromatic rings. The van der Waals surface area contributed by atoms with Crippen LogP contribution >= 0.6 is 24.8 Å². The maximum atomic E-state index is 12.6. The maximum absolute atomic E-state index is 12.6. The molecule has 1 aromatic carbocycles. The van der Waals surface area contributed by atoms with Gasteiger partial charge < -0.3 is 10.2 Å². The summed E-state index contributed by atoms with van der Waals surface area (Å²) in [5, 5.41) is 4.49. The Hall–Kier alpha value is -1.36. The van der Waals surface area contributed by atoms with Crippen molar-refractivity contribution in [1.29, 1.82) is 0 Å². The highest BCUT2D eigenvalue weighted by molar-refractivity contribution is 5.95. The third kappa shape index (κ3) is 3.88. The predicted molar refractivity (Wildman–Crippen MR) is 94.2 cm³/mol. The number of nitrogens with one attached hydrogen (secondary N) is 1. The second kappa shape index (κ2) is 7.77. The van der Waals surface area contributed by atoms with E-state index in [0.717, 1.165) is 24.0 Å². The first-order valence-electron chi connectivity index (χ1n) is 7.04. The van der Waals surface area contributed by atoms with Gasteiger partial charge in [-0.1, -0.05) is 24.3 Å². The van der Waals surface area contributed by atoms with E-state index in [9.17, 15) is 4.79 Å². The number of rotatable bonds is 1. The van der Waals surface area contributed by atoms with Crippen LogP contribution < -0.4 is 5.32 Å². The molecule has 1 fully saturated rings. The van der Waals surface area contributed by atoms with E-state index in [4.69, 9.17) is 0 Å². The number of nitrogens with zero attached hydrogens (tertiary/aromatic N) is 2. The van der Waals surface area contributed by atoms with Crippen molar-refractivity contribution in [3.63, 3.8) is 0 Å². The number of carbonyl (C=O) groups excluding carboxylic acids is 1. The molecule has 2 atom stereocenters. The van der Waals surface area contributed by atoms with Crippen molar-refractivity contribution in [2.24, 2.45) is 0 Å². The SMILES string of the molecule is CC1CN(C(=O)c2ccc3ccccc3n2)CC(C)N1.Cl.Cl. The summed E-state index contributed by atoms with van der Waals surface area (Å²) >= 11 is 0. The van der Waals surface area contributed by atoms with E-state index in [-0.39, 0.29) is 30.7 Å². The van der Waals surface area contributed by atoms with Crippen LogP contribution in [-0.2, 0) is 0 Å². The van der Waals surface area contributed by atoms with Gasteiger partial charge in [0.25, 0.3) is 5.91 Å². The van der Waals surface area contributed by atoms with Gasteiger partial charge in [0.2, 0.25) is 0 Å². The summed E-state index contributed by atoms with van der Waals surface area (Å²) in [6, 6.07) is 12.3. The molecular formula is C16H21Cl2N3O. The third-order valence-electron chi connectivity index (χ3n) is 3.66. The predicted octanol–water partition coefficient (Wildman–Crippen LogP) is 2.90. The summed E-state index contributed by atoms with van der Waals surface area (Å²) in [6.07, 6.45) is 0. The Bertz CT molecular complexity index is 640. The van der Waals surface area contributed by atoms with Gasteiger partial charge in [0, 0.05) is 30.6 Å². The smallest absolute Gasteiger partial charge is 0.272 e. The molecule has 6 heteroatoms. The normalized spacial score (nSPS) is 20.9. The number of hydrogen-bond acceptors (Lipinski definition) is 3. The first kappa shape index (κ1) is 18.7. The van der Waals surface area contributed by atoms with Crippen LogP contribution in [0.1, 0.15) is 24.3 Å². The first-order valence-corrected chi connectivity index (χ1v) is 7.04. The summed E-state index contributed by atoms with van der Waals surface area (Å²) in [7, 11) is 0. The van der Waals surface area contributed by atoms with Crippen molar-refractivity contribution >= 4 is 41.6 Å². The summed E-state index contributed by atoms with van der Waals surface area (Å²) < 4.78 is 0. The molecule has 1 saturated heterocycles. The average molecular weight is 342 g/mol. The minimum absolute atomic E-state index is 0. The van der Waals surface area contributed by atoms with Crippen molar-refractivity contribution in [3.05, 3.63) is 42.1 Å². The zero-order valence-electron chi connectivity index (χ0n) is 12.7. The molecule has 0 saturated carbocycles. The van der Waals surface area contributed by atoms with Crippen molar-refractivity contribution < 1.29 is 4.79 Å². The molecule has 0 radical (unpaired) electrons. The van der Waals surface area contributed by atoms with Gasteiger partial charge in [0.05, 0.1) is 5.52 Å². The Morgan fingerprint density at radius 2 is 1.73 bits per heavy atom. The zero-order chi connectivity index (χ0) is 14.1. The lowest BCUT2D eigenvalue weighted by atomic mass is 10.1. The average Bonchev–Trinajstić information content (AvgIpc) is 2.45. The molecule has 1 aromatic heterocycles. The van der Waals surface area contributed by atoms with Gasteiger partial charge in [-0.25, -0.2) is 4.98 Å². The van der Waals surface area contributed by atoms with Crippen LogP contribution in [0.5, 0.6) is 0 Å². The second-order valence-corrected chi connectivity index (χ2v) is 5.57. The zero-order valence-corrected chi connectivity index (χ0v) is 14.3. The van der Waals surface area contributed by atoms with Crippen molar-refractivity contribution in [2.45, 2.75) is 25.9 Å². The number of piperazine rings is 1. The largest absolute Gasteiger partial charge is 0.334 e. The van der Waals surface area contributed by atoms with Crippen LogP contribution in [0.3, 0.4) is 0 Å². The molecule has 3 rings (SSSR count). The third-order valence-corrected chi connectivity index (χ3v) is 3.66. The number of aromatic nitrogens is 1. The molecule has 2 heterocycles. The van der Waals surface area contributed by atoms with E-state index < -0.39 is 0 Å².